The van der Waals surface area contributed by atoms with E-state index in [1.165, 1.54) is 15.4 Å². The molecular weight excluding hydrogens is 548 g/mol. The third kappa shape index (κ3) is 14.8. The molecule has 210 valence electrons. The lowest BCUT2D eigenvalue weighted by molar-refractivity contribution is -0.301. The van der Waals surface area contributed by atoms with E-state index >= 15 is 0 Å². The first-order chi connectivity index (χ1) is 18.4. The smallest absolute Gasteiger partial charge is 0.0643 e. The highest BCUT2D eigenvalue weighted by Crippen LogP contribution is 2.36. The summed E-state index contributed by atoms with van der Waals surface area (Å²) in [6.07, 6.45) is 1.54. The molecule has 0 radical (unpaired) electrons. The fourth-order valence-electron chi connectivity index (χ4n) is 3.23. The summed E-state index contributed by atoms with van der Waals surface area (Å²) in [6.45, 7) is 6.78. The second-order valence-electron chi connectivity index (χ2n) is 8.06. The number of carboxylic acids is 4. The number of likely N-dealkylation sites (N-methyl/N-ethyl adjacent to an activating group) is 1. The van der Waals surface area contributed by atoms with Crippen molar-refractivity contribution in [3.8, 4) is 0 Å². The molecule has 2 aromatic carbocycles. The number of piperazine rings is 1. The van der Waals surface area contributed by atoms with Crippen LogP contribution in [-0.4, -0.2) is 66.9 Å². The van der Waals surface area contributed by atoms with E-state index in [1.807, 2.05) is 17.8 Å². The lowest BCUT2D eigenvalue weighted by atomic mass is 10.1. The largest absolute Gasteiger partial charge is 0.545 e. The Morgan fingerprint density at radius 1 is 0.795 bits per heavy atom. The van der Waals surface area contributed by atoms with Crippen molar-refractivity contribution in [1.82, 2.24) is 9.80 Å². The fourth-order valence-corrected chi connectivity index (χ4v) is 4.44. The molecule has 12 heteroatoms. The maximum Gasteiger partial charge on any atom is 0.0643 e. The average molecular weight is 575 g/mol. The van der Waals surface area contributed by atoms with Crippen LogP contribution in [0.5, 0.6) is 0 Å². The van der Waals surface area contributed by atoms with Crippen LogP contribution in [0.1, 0.15) is 18.5 Å². The molecule has 0 bridgehead atoms. The summed E-state index contributed by atoms with van der Waals surface area (Å²) in [6, 6.07) is 17.2. The minimum Gasteiger partial charge on any atom is -0.545 e. The van der Waals surface area contributed by atoms with Crippen molar-refractivity contribution in [3.05, 3.63) is 83.4 Å². The van der Waals surface area contributed by atoms with Crippen LogP contribution in [0.25, 0.3) is 0 Å². The quantitative estimate of drug-likeness (QED) is 0.350. The van der Waals surface area contributed by atoms with Crippen molar-refractivity contribution in [2.24, 2.45) is 0 Å². The predicted molar refractivity (Wildman–Crippen MR) is 138 cm³/mol. The molecule has 0 aliphatic carbocycles. The first-order valence-electron chi connectivity index (χ1n) is 11.5. The van der Waals surface area contributed by atoms with E-state index in [9.17, 15) is 39.6 Å². The van der Waals surface area contributed by atoms with Gasteiger partial charge in [0.1, 0.15) is 0 Å². The van der Waals surface area contributed by atoms with Gasteiger partial charge in [-0.05, 0) is 74.2 Å². The monoisotopic (exact) mass is 574 g/mol. The SMILES string of the molecule is CC(c1cc(Cl)ccc1Sc1ccccc1)N1CCN(C)CC1.O=C([O-])/C=C\C(=O)[O-].O=C([O-])/C=C\C(=O)[O-]. The Kier molecular flexibility index (Phi) is 15.2. The topological polar surface area (TPSA) is 167 Å². The minimum absolute atomic E-state index is 0.383. The van der Waals surface area contributed by atoms with Gasteiger partial charge in [0.2, 0.25) is 0 Å². The first kappa shape index (κ1) is 33.4. The fraction of sp³-hybridized carbons (Fsp3) is 0.259. The number of hydrogen-bond acceptors (Lipinski definition) is 11. The Labute approximate surface area is 235 Å². The van der Waals surface area contributed by atoms with E-state index in [0.717, 1.165) is 31.2 Å². The molecule has 1 aliphatic rings. The Bertz CT molecular complexity index is 1100. The van der Waals surface area contributed by atoms with Gasteiger partial charge in [0.05, 0.1) is 23.9 Å². The normalized spacial score (nSPS) is 14.5. The molecule has 1 fully saturated rings. The van der Waals surface area contributed by atoms with Gasteiger partial charge in [-0.1, -0.05) is 41.6 Å². The van der Waals surface area contributed by atoms with Gasteiger partial charge in [-0.25, -0.2) is 0 Å². The number of benzene rings is 2. The Morgan fingerprint density at radius 3 is 1.69 bits per heavy atom. The highest BCUT2D eigenvalue weighted by molar-refractivity contribution is 7.99. The lowest BCUT2D eigenvalue weighted by Gasteiger charge is -2.37. The van der Waals surface area contributed by atoms with E-state index in [1.54, 1.807) is 0 Å². The van der Waals surface area contributed by atoms with Gasteiger partial charge in [0.15, 0.2) is 0 Å². The molecule has 0 aromatic heterocycles. The van der Waals surface area contributed by atoms with Crippen molar-refractivity contribution < 1.29 is 39.6 Å². The molecule has 0 saturated carbocycles. The molecule has 0 spiro atoms. The van der Waals surface area contributed by atoms with Crippen LogP contribution in [-0.2, 0) is 19.2 Å². The molecule has 0 amide bonds. The summed E-state index contributed by atoms with van der Waals surface area (Å²) >= 11 is 8.11. The van der Waals surface area contributed by atoms with Crippen LogP contribution in [0, 0.1) is 0 Å². The van der Waals surface area contributed by atoms with Gasteiger partial charge in [-0.3, -0.25) is 4.90 Å². The van der Waals surface area contributed by atoms with Gasteiger partial charge in [-0.15, -0.1) is 0 Å². The molecule has 39 heavy (non-hydrogen) atoms. The van der Waals surface area contributed by atoms with E-state index in [2.05, 4.69) is 66.2 Å². The van der Waals surface area contributed by atoms with E-state index in [0.29, 0.717) is 30.3 Å². The molecule has 0 N–H and O–H groups in total. The Balaban J connectivity index is 0.000000393. The van der Waals surface area contributed by atoms with Gasteiger partial charge < -0.3 is 44.5 Å². The molecule has 3 rings (SSSR count). The van der Waals surface area contributed by atoms with Gasteiger partial charge in [-0.2, -0.15) is 0 Å². The van der Waals surface area contributed by atoms with Crippen molar-refractivity contribution in [2.45, 2.75) is 22.8 Å². The van der Waals surface area contributed by atoms with E-state index < -0.39 is 23.9 Å². The van der Waals surface area contributed by atoms with Crippen molar-refractivity contribution in [3.63, 3.8) is 0 Å². The summed E-state index contributed by atoms with van der Waals surface area (Å²) in [5.74, 6) is -6.19. The maximum absolute atomic E-state index is 9.41. The first-order valence-corrected chi connectivity index (χ1v) is 12.7. The summed E-state index contributed by atoms with van der Waals surface area (Å²) in [7, 11) is 2.19. The van der Waals surface area contributed by atoms with Crippen LogP contribution in [0.15, 0.2) is 82.6 Å². The molecule has 2 aromatic rings. The predicted octanol–water partition coefficient (Wildman–Crippen LogP) is -1.12. The number of carbonyl (C=O) groups excluding carboxylic acids is 4. The minimum atomic E-state index is -1.55. The zero-order valence-electron chi connectivity index (χ0n) is 21.3. The van der Waals surface area contributed by atoms with Crippen LogP contribution in [0.4, 0.5) is 0 Å². The number of rotatable bonds is 8. The standard InChI is InChI=1S/C19H23ClN2S.2C4H4O4/c1-15(22-12-10-21(2)11-13-22)18-14-16(20)8-9-19(18)23-17-6-4-3-5-7-17;2*5-3(6)1-2-4(7)8/h3-9,14-15H,10-13H2,1-2H3;2*1-2H,(H,5,6)(H,7,8)/p-4/b;2*2-1-. The summed E-state index contributed by atoms with van der Waals surface area (Å²) in [4.78, 5) is 45.2. The lowest BCUT2D eigenvalue weighted by Crippen LogP contribution is -2.45. The van der Waals surface area contributed by atoms with Crippen LogP contribution in [0.2, 0.25) is 5.02 Å². The molecule has 1 heterocycles. The van der Waals surface area contributed by atoms with Crippen molar-refractivity contribution >= 4 is 47.2 Å². The third-order valence-electron chi connectivity index (χ3n) is 5.19. The summed E-state index contributed by atoms with van der Waals surface area (Å²) in [5, 5.41) is 38.5. The maximum atomic E-state index is 9.41. The van der Waals surface area contributed by atoms with Crippen LogP contribution < -0.4 is 20.4 Å². The number of halogens is 1. The molecule has 1 unspecified atom stereocenters. The van der Waals surface area contributed by atoms with Gasteiger partial charge >= 0.3 is 0 Å². The average Bonchev–Trinajstić information content (AvgIpc) is 2.89. The number of carboxylic acid groups (broad SMARTS) is 4. The number of nitrogens with zero attached hydrogens (tertiary/aromatic N) is 2. The van der Waals surface area contributed by atoms with Crippen LogP contribution in [0.3, 0.4) is 0 Å². The number of carbonyl (C=O) groups is 4. The van der Waals surface area contributed by atoms with E-state index in [-0.39, 0.29) is 0 Å². The summed E-state index contributed by atoms with van der Waals surface area (Å²) < 4.78 is 0. The highest BCUT2D eigenvalue weighted by atomic mass is 35.5. The highest BCUT2D eigenvalue weighted by Gasteiger charge is 2.22. The second kappa shape index (κ2) is 17.8. The van der Waals surface area contributed by atoms with E-state index in [4.69, 9.17) is 11.6 Å². The molecular formula is C27H27ClN2O8S-4. The molecule has 1 atom stereocenters. The zero-order chi connectivity index (χ0) is 29.4. The second-order valence-corrected chi connectivity index (χ2v) is 9.61. The number of aliphatic carboxylic acids is 4. The zero-order valence-corrected chi connectivity index (χ0v) is 22.9. The Morgan fingerprint density at radius 2 is 1.26 bits per heavy atom. The van der Waals surface area contributed by atoms with Gasteiger partial charge in [0.25, 0.3) is 0 Å². The van der Waals surface area contributed by atoms with Crippen molar-refractivity contribution in [1.29, 1.82) is 0 Å². The Hall–Kier alpha value is -3.64. The third-order valence-corrected chi connectivity index (χ3v) is 6.52. The molecule has 10 nitrogen and oxygen atoms in total. The van der Waals surface area contributed by atoms with Crippen molar-refractivity contribution in [2.75, 3.05) is 33.2 Å². The molecule has 1 aliphatic heterocycles. The summed E-state index contributed by atoms with van der Waals surface area (Å²) in [5.41, 5.74) is 1.33. The number of hydrogen-bond donors (Lipinski definition) is 0. The molecule has 1 saturated heterocycles. The van der Waals surface area contributed by atoms with Crippen LogP contribution >= 0.6 is 23.4 Å². The van der Waals surface area contributed by atoms with Gasteiger partial charge in [0, 0.05) is 47.0 Å².